The van der Waals surface area contributed by atoms with Crippen molar-refractivity contribution < 1.29 is 14.6 Å². The van der Waals surface area contributed by atoms with Gasteiger partial charge in [-0.2, -0.15) is 0 Å². The molecule has 0 saturated heterocycles. The van der Waals surface area contributed by atoms with Crippen molar-refractivity contribution in [3.8, 4) is 5.75 Å². The predicted molar refractivity (Wildman–Crippen MR) is 70.6 cm³/mol. The number of methoxy groups -OCH3 is 1. The Labute approximate surface area is 110 Å². The van der Waals surface area contributed by atoms with Crippen LogP contribution in [0.25, 0.3) is 10.9 Å². The molecule has 1 aromatic carbocycles. The van der Waals surface area contributed by atoms with Crippen LogP contribution in [-0.2, 0) is 6.54 Å². The Balaban J connectivity index is 2.60. The van der Waals surface area contributed by atoms with E-state index in [1.165, 1.54) is 7.11 Å². The maximum absolute atomic E-state index is 11.1. The summed E-state index contributed by atoms with van der Waals surface area (Å²) in [5, 5.41) is 10.2. The number of rotatable bonds is 5. The van der Waals surface area contributed by atoms with Gasteiger partial charge in [0.2, 0.25) is 0 Å². The number of halogens is 1. The topological polar surface area (TPSA) is 51.5 Å². The summed E-state index contributed by atoms with van der Waals surface area (Å²) in [5.74, 6) is 0.548. The summed E-state index contributed by atoms with van der Waals surface area (Å²) < 4.78 is 7.06. The predicted octanol–water partition coefficient (Wildman–Crippen LogP) is 2.50. The lowest BCUT2D eigenvalue weighted by Gasteiger charge is -2.06. The third-order valence-electron chi connectivity index (χ3n) is 2.87. The standard InChI is InChI=1S/C13H14ClNO3/c1-18-13-5-10-9(8-17)7-15(3-2-4-16)12(10)6-11(13)14/h5-8,16H,2-4H2,1H3. The van der Waals surface area contributed by atoms with Gasteiger partial charge in [-0.1, -0.05) is 11.6 Å². The molecule has 0 bridgehead atoms. The first kappa shape index (κ1) is 12.9. The number of fused-ring (bicyclic) bond motifs is 1. The zero-order chi connectivity index (χ0) is 13.1. The van der Waals surface area contributed by atoms with Crippen LogP contribution in [0.15, 0.2) is 18.3 Å². The van der Waals surface area contributed by atoms with Crippen LogP contribution in [0.2, 0.25) is 5.02 Å². The van der Waals surface area contributed by atoms with Crippen LogP contribution in [0.1, 0.15) is 16.8 Å². The highest BCUT2D eigenvalue weighted by atomic mass is 35.5. The van der Waals surface area contributed by atoms with E-state index in [0.29, 0.717) is 29.3 Å². The number of aromatic nitrogens is 1. The van der Waals surface area contributed by atoms with E-state index in [-0.39, 0.29) is 6.61 Å². The molecule has 0 aliphatic heterocycles. The summed E-state index contributed by atoms with van der Waals surface area (Å²) in [6.45, 7) is 0.753. The van der Waals surface area contributed by atoms with Gasteiger partial charge in [-0.25, -0.2) is 0 Å². The normalized spacial score (nSPS) is 10.8. The van der Waals surface area contributed by atoms with Crippen LogP contribution in [-0.4, -0.2) is 29.7 Å². The van der Waals surface area contributed by atoms with Crippen molar-refractivity contribution in [3.63, 3.8) is 0 Å². The zero-order valence-electron chi connectivity index (χ0n) is 10.0. The zero-order valence-corrected chi connectivity index (χ0v) is 10.8. The number of carbonyl (C=O) groups is 1. The molecule has 0 radical (unpaired) electrons. The molecule has 0 unspecified atom stereocenters. The van der Waals surface area contributed by atoms with E-state index in [1.807, 2.05) is 4.57 Å². The number of aldehydes is 1. The van der Waals surface area contributed by atoms with E-state index in [4.69, 9.17) is 21.4 Å². The first-order chi connectivity index (χ1) is 8.71. The number of hydrogen-bond acceptors (Lipinski definition) is 3. The molecule has 18 heavy (non-hydrogen) atoms. The molecule has 1 N–H and O–H groups in total. The van der Waals surface area contributed by atoms with Gasteiger partial charge in [-0.15, -0.1) is 0 Å². The van der Waals surface area contributed by atoms with E-state index in [0.717, 1.165) is 17.2 Å². The van der Waals surface area contributed by atoms with Gasteiger partial charge in [0.1, 0.15) is 5.75 Å². The average molecular weight is 268 g/mol. The molecular formula is C13H14ClNO3. The minimum atomic E-state index is 0.111. The maximum atomic E-state index is 11.1. The van der Waals surface area contributed by atoms with Gasteiger partial charge < -0.3 is 14.4 Å². The minimum Gasteiger partial charge on any atom is -0.495 e. The first-order valence-electron chi connectivity index (χ1n) is 5.63. The molecule has 0 atom stereocenters. The van der Waals surface area contributed by atoms with Gasteiger partial charge >= 0.3 is 0 Å². The second-order valence-electron chi connectivity index (χ2n) is 3.98. The number of aryl methyl sites for hydroxylation is 1. The van der Waals surface area contributed by atoms with Gasteiger partial charge in [0.25, 0.3) is 0 Å². The Hall–Kier alpha value is -1.52. The highest BCUT2D eigenvalue weighted by Crippen LogP contribution is 2.32. The highest BCUT2D eigenvalue weighted by Gasteiger charge is 2.11. The molecule has 1 aromatic heterocycles. The molecule has 0 amide bonds. The molecule has 0 saturated carbocycles. The van der Waals surface area contributed by atoms with Crippen molar-refractivity contribution in [2.75, 3.05) is 13.7 Å². The lowest BCUT2D eigenvalue weighted by molar-refractivity contribution is 0.112. The van der Waals surface area contributed by atoms with Crippen molar-refractivity contribution in [3.05, 3.63) is 28.9 Å². The van der Waals surface area contributed by atoms with Crippen molar-refractivity contribution in [1.82, 2.24) is 4.57 Å². The molecule has 0 aliphatic rings. The quantitative estimate of drug-likeness (QED) is 0.847. The summed E-state index contributed by atoms with van der Waals surface area (Å²) in [6, 6.07) is 3.54. The third-order valence-corrected chi connectivity index (χ3v) is 3.16. The van der Waals surface area contributed by atoms with Crippen LogP contribution in [0.3, 0.4) is 0 Å². The number of nitrogens with zero attached hydrogens (tertiary/aromatic N) is 1. The molecule has 1 heterocycles. The fraction of sp³-hybridized carbons (Fsp3) is 0.308. The van der Waals surface area contributed by atoms with Crippen LogP contribution in [0.4, 0.5) is 0 Å². The molecule has 5 heteroatoms. The van der Waals surface area contributed by atoms with Crippen LogP contribution in [0, 0.1) is 0 Å². The van der Waals surface area contributed by atoms with Crippen LogP contribution >= 0.6 is 11.6 Å². The monoisotopic (exact) mass is 267 g/mol. The van der Waals surface area contributed by atoms with Crippen molar-refractivity contribution in [2.45, 2.75) is 13.0 Å². The average Bonchev–Trinajstić information content (AvgIpc) is 2.72. The number of aliphatic hydroxyl groups is 1. The minimum absolute atomic E-state index is 0.111. The van der Waals surface area contributed by atoms with Crippen LogP contribution in [0.5, 0.6) is 5.75 Å². The first-order valence-corrected chi connectivity index (χ1v) is 6.01. The fourth-order valence-corrected chi connectivity index (χ4v) is 2.23. The second kappa shape index (κ2) is 5.42. The lowest BCUT2D eigenvalue weighted by atomic mass is 10.2. The van der Waals surface area contributed by atoms with Crippen molar-refractivity contribution >= 4 is 28.8 Å². The highest BCUT2D eigenvalue weighted by molar-refractivity contribution is 6.33. The third kappa shape index (κ3) is 2.21. The van der Waals surface area contributed by atoms with Gasteiger partial charge in [0.05, 0.1) is 17.6 Å². The number of benzene rings is 1. The van der Waals surface area contributed by atoms with E-state index < -0.39 is 0 Å². The Morgan fingerprint density at radius 1 is 1.50 bits per heavy atom. The van der Waals surface area contributed by atoms with Gasteiger partial charge in [-0.05, 0) is 18.6 Å². The number of hydrogen-bond donors (Lipinski definition) is 1. The molecular weight excluding hydrogens is 254 g/mol. The lowest BCUT2D eigenvalue weighted by Crippen LogP contribution is -1.98. The van der Waals surface area contributed by atoms with E-state index in [2.05, 4.69) is 0 Å². The maximum Gasteiger partial charge on any atom is 0.152 e. The van der Waals surface area contributed by atoms with E-state index in [1.54, 1.807) is 18.3 Å². The molecule has 0 spiro atoms. The van der Waals surface area contributed by atoms with Crippen molar-refractivity contribution in [2.24, 2.45) is 0 Å². The van der Waals surface area contributed by atoms with E-state index >= 15 is 0 Å². The largest absolute Gasteiger partial charge is 0.495 e. The Bertz CT molecular complexity index is 577. The molecule has 96 valence electrons. The molecule has 2 rings (SSSR count). The summed E-state index contributed by atoms with van der Waals surface area (Å²) in [7, 11) is 1.54. The molecule has 4 nitrogen and oxygen atoms in total. The van der Waals surface area contributed by atoms with Crippen molar-refractivity contribution in [1.29, 1.82) is 0 Å². The fourth-order valence-electron chi connectivity index (χ4n) is 2.00. The van der Waals surface area contributed by atoms with E-state index in [9.17, 15) is 4.79 Å². The summed E-state index contributed by atoms with van der Waals surface area (Å²) in [4.78, 5) is 11.1. The Morgan fingerprint density at radius 2 is 2.28 bits per heavy atom. The van der Waals surface area contributed by atoms with Gasteiger partial charge in [-0.3, -0.25) is 4.79 Å². The number of aliphatic hydroxyl groups excluding tert-OH is 1. The SMILES string of the molecule is COc1cc2c(C=O)cn(CCCO)c2cc1Cl. The molecule has 0 fully saturated rings. The second-order valence-corrected chi connectivity index (χ2v) is 4.38. The van der Waals surface area contributed by atoms with Gasteiger partial charge in [0.15, 0.2) is 6.29 Å². The number of carbonyl (C=O) groups excluding carboxylic acids is 1. The van der Waals surface area contributed by atoms with Gasteiger partial charge in [0, 0.05) is 30.3 Å². The molecule has 2 aromatic rings. The Kier molecular flexibility index (Phi) is 3.89. The molecule has 0 aliphatic carbocycles. The summed E-state index contributed by atoms with van der Waals surface area (Å²) in [6.07, 6.45) is 3.21. The Morgan fingerprint density at radius 3 is 2.89 bits per heavy atom. The summed E-state index contributed by atoms with van der Waals surface area (Å²) in [5.41, 5.74) is 1.47. The summed E-state index contributed by atoms with van der Waals surface area (Å²) >= 11 is 6.09. The number of ether oxygens (including phenoxy) is 1. The van der Waals surface area contributed by atoms with Crippen LogP contribution < -0.4 is 4.74 Å². The smallest absolute Gasteiger partial charge is 0.152 e.